The van der Waals surface area contributed by atoms with Gasteiger partial charge in [-0.3, -0.25) is 0 Å². The molecule has 0 unspecified atom stereocenters. The third-order valence-corrected chi connectivity index (χ3v) is 2.84. The minimum absolute atomic E-state index is 0. The van der Waals surface area contributed by atoms with Crippen LogP contribution in [0.25, 0.3) is 10.4 Å². The summed E-state index contributed by atoms with van der Waals surface area (Å²) in [5.74, 6) is 1.57. The molecule has 2 aliphatic rings. The fourth-order valence-corrected chi connectivity index (χ4v) is 2.30. The summed E-state index contributed by atoms with van der Waals surface area (Å²) in [5, 5.41) is 7.11. The van der Waals surface area contributed by atoms with Gasteiger partial charge in [-0.05, 0) is 43.3 Å². The number of nitrogens with one attached hydrogen (secondary N) is 1. The van der Waals surface area contributed by atoms with E-state index in [1.165, 1.54) is 0 Å². The van der Waals surface area contributed by atoms with Gasteiger partial charge in [0.1, 0.15) is 0 Å². The van der Waals surface area contributed by atoms with Gasteiger partial charge in [-0.15, -0.1) is 12.4 Å². The van der Waals surface area contributed by atoms with Crippen molar-refractivity contribution in [3.8, 4) is 0 Å². The molecule has 0 radical (unpaired) electrons. The molecule has 2 rings (SSSR count). The zero-order valence-electron chi connectivity index (χ0n) is 6.81. The van der Waals surface area contributed by atoms with E-state index in [0.29, 0.717) is 0 Å². The fraction of sp³-hybridized carbons (Fsp3) is 1.00. The molecule has 1 aliphatic carbocycles. The summed E-state index contributed by atoms with van der Waals surface area (Å²) in [6.45, 7) is 2.25. The lowest BCUT2D eigenvalue weighted by Crippen LogP contribution is -2.12. The molecule has 1 N–H and O–H groups in total. The summed E-state index contributed by atoms with van der Waals surface area (Å²) in [5.41, 5.74) is 8.23. The number of nitrogens with zero attached hydrogens (tertiary/aromatic N) is 3. The zero-order valence-corrected chi connectivity index (χ0v) is 7.63. The Morgan fingerprint density at radius 3 is 2.33 bits per heavy atom. The summed E-state index contributed by atoms with van der Waals surface area (Å²) in [6.07, 6.45) is 2.20. The number of rotatable bonds is 1. The first-order valence-electron chi connectivity index (χ1n) is 4.15. The fourth-order valence-electron chi connectivity index (χ4n) is 2.30. The summed E-state index contributed by atoms with van der Waals surface area (Å²) in [6, 6.07) is 0.289. The number of azide groups is 1. The molecule has 0 bridgehead atoms. The van der Waals surface area contributed by atoms with Gasteiger partial charge in [0.25, 0.3) is 0 Å². The molecule has 0 aromatic heterocycles. The summed E-state index contributed by atoms with van der Waals surface area (Å²) in [7, 11) is 0. The van der Waals surface area contributed by atoms with E-state index >= 15 is 0 Å². The van der Waals surface area contributed by atoms with Gasteiger partial charge in [0.15, 0.2) is 0 Å². The molecule has 1 saturated carbocycles. The van der Waals surface area contributed by atoms with Crippen molar-refractivity contribution in [1.82, 2.24) is 5.32 Å². The van der Waals surface area contributed by atoms with E-state index in [4.69, 9.17) is 5.53 Å². The molecule has 1 saturated heterocycles. The molecule has 0 aromatic rings. The molecule has 5 heteroatoms. The highest BCUT2D eigenvalue weighted by molar-refractivity contribution is 5.85. The van der Waals surface area contributed by atoms with Gasteiger partial charge in [-0.1, -0.05) is 5.11 Å². The SMILES string of the molecule is Cl.[N-]=[N+]=NC1C[C@@H]2CNC[C@H]2C1. The topological polar surface area (TPSA) is 60.8 Å². The van der Waals surface area contributed by atoms with Crippen LogP contribution in [0.1, 0.15) is 12.8 Å². The van der Waals surface area contributed by atoms with Crippen molar-refractivity contribution in [3.63, 3.8) is 0 Å². The van der Waals surface area contributed by atoms with Gasteiger partial charge >= 0.3 is 0 Å². The van der Waals surface area contributed by atoms with Crippen molar-refractivity contribution < 1.29 is 0 Å². The van der Waals surface area contributed by atoms with Crippen LogP contribution in [0.5, 0.6) is 0 Å². The smallest absolute Gasteiger partial charge is 0.0380 e. The Morgan fingerprint density at radius 2 is 1.83 bits per heavy atom. The van der Waals surface area contributed by atoms with E-state index < -0.39 is 0 Å². The first kappa shape index (κ1) is 9.65. The van der Waals surface area contributed by atoms with Crippen LogP contribution >= 0.6 is 12.4 Å². The first-order valence-corrected chi connectivity index (χ1v) is 4.15. The van der Waals surface area contributed by atoms with Gasteiger partial charge in [0, 0.05) is 11.0 Å². The van der Waals surface area contributed by atoms with E-state index in [1.807, 2.05) is 0 Å². The predicted octanol–water partition coefficient (Wildman–Crippen LogP) is 1.72. The molecular weight excluding hydrogens is 176 g/mol. The quantitative estimate of drug-likeness (QED) is 0.380. The molecule has 2 fully saturated rings. The Balaban J connectivity index is 0.000000720. The summed E-state index contributed by atoms with van der Waals surface area (Å²) < 4.78 is 0. The highest BCUT2D eigenvalue weighted by atomic mass is 35.5. The Bertz CT molecular complexity index is 190. The predicted molar refractivity (Wildman–Crippen MR) is 49.3 cm³/mol. The molecule has 68 valence electrons. The van der Waals surface area contributed by atoms with Gasteiger partial charge in [0.2, 0.25) is 0 Å². The summed E-state index contributed by atoms with van der Waals surface area (Å²) >= 11 is 0. The van der Waals surface area contributed by atoms with Crippen LogP contribution in [0.3, 0.4) is 0 Å². The summed E-state index contributed by atoms with van der Waals surface area (Å²) in [4.78, 5) is 2.85. The minimum Gasteiger partial charge on any atom is -0.316 e. The van der Waals surface area contributed by atoms with Crippen molar-refractivity contribution in [1.29, 1.82) is 0 Å². The zero-order chi connectivity index (χ0) is 7.68. The van der Waals surface area contributed by atoms with Crippen LogP contribution < -0.4 is 5.32 Å². The molecule has 1 aliphatic heterocycles. The van der Waals surface area contributed by atoms with Crippen LogP contribution in [-0.2, 0) is 0 Å². The molecule has 4 nitrogen and oxygen atoms in total. The Hall–Kier alpha value is -0.440. The normalized spacial score (nSPS) is 33.7. The van der Waals surface area contributed by atoms with Crippen molar-refractivity contribution >= 4 is 12.4 Å². The van der Waals surface area contributed by atoms with Crippen LogP contribution in [0.2, 0.25) is 0 Å². The monoisotopic (exact) mass is 188 g/mol. The molecular formula is C7H13ClN4. The lowest BCUT2D eigenvalue weighted by atomic mass is 10.0. The van der Waals surface area contributed by atoms with E-state index in [0.717, 1.165) is 37.8 Å². The Labute approximate surface area is 77.8 Å². The van der Waals surface area contributed by atoms with Crippen molar-refractivity contribution in [2.45, 2.75) is 18.9 Å². The largest absolute Gasteiger partial charge is 0.316 e. The lowest BCUT2D eigenvalue weighted by molar-refractivity contribution is 0.494. The van der Waals surface area contributed by atoms with E-state index in [1.54, 1.807) is 0 Å². The van der Waals surface area contributed by atoms with Gasteiger partial charge in [-0.25, -0.2) is 0 Å². The second-order valence-electron chi connectivity index (χ2n) is 3.51. The highest BCUT2D eigenvalue weighted by Gasteiger charge is 2.36. The Morgan fingerprint density at radius 1 is 1.25 bits per heavy atom. The maximum Gasteiger partial charge on any atom is 0.0380 e. The third kappa shape index (κ3) is 1.66. The number of hydrogen-bond donors (Lipinski definition) is 1. The molecule has 0 aromatic carbocycles. The maximum absolute atomic E-state index is 8.23. The van der Waals surface area contributed by atoms with E-state index in [-0.39, 0.29) is 18.4 Å². The number of halogens is 1. The van der Waals surface area contributed by atoms with Crippen LogP contribution in [0.4, 0.5) is 0 Å². The molecule has 12 heavy (non-hydrogen) atoms. The minimum atomic E-state index is 0. The maximum atomic E-state index is 8.23. The van der Waals surface area contributed by atoms with E-state index in [9.17, 15) is 0 Å². The van der Waals surface area contributed by atoms with Gasteiger partial charge in [-0.2, -0.15) is 0 Å². The lowest BCUT2D eigenvalue weighted by Gasteiger charge is -2.02. The average Bonchev–Trinajstić information content (AvgIpc) is 2.46. The van der Waals surface area contributed by atoms with Gasteiger partial charge < -0.3 is 5.32 Å². The Kier molecular flexibility index (Phi) is 3.20. The van der Waals surface area contributed by atoms with Gasteiger partial charge in [0.05, 0.1) is 0 Å². The van der Waals surface area contributed by atoms with Crippen LogP contribution in [0.15, 0.2) is 5.11 Å². The molecule has 1 heterocycles. The van der Waals surface area contributed by atoms with E-state index in [2.05, 4.69) is 15.3 Å². The molecule has 0 spiro atoms. The highest BCUT2D eigenvalue weighted by Crippen LogP contribution is 2.35. The first-order chi connectivity index (χ1) is 5.40. The van der Waals surface area contributed by atoms with Crippen molar-refractivity contribution in [2.24, 2.45) is 17.0 Å². The molecule has 0 amide bonds. The van der Waals surface area contributed by atoms with Crippen LogP contribution in [0, 0.1) is 11.8 Å². The standard InChI is InChI=1S/C7H12N4.ClH/c8-11-10-7-1-5-3-9-4-6(5)2-7;/h5-7,9H,1-4H2;1H/t5-,6-;/m1./s1. The second-order valence-corrected chi connectivity index (χ2v) is 3.51. The van der Waals surface area contributed by atoms with Crippen molar-refractivity contribution in [2.75, 3.05) is 13.1 Å². The second kappa shape index (κ2) is 3.99. The number of hydrogen-bond acceptors (Lipinski definition) is 2. The average molecular weight is 189 g/mol. The number of fused-ring (bicyclic) bond motifs is 1. The molecule has 2 atom stereocenters. The third-order valence-electron chi connectivity index (χ3n) is 2.84. The van der Waals surface area contributed by atoms with Crippen molar-refractivity contribution in [3.05, 3.63) is 10.4 Å². The van der Waals surface area contributed by atoms with Crippen LogP contribution in [-0.4, -0.2) is 19.1 Å².